The number of alkyl halides is 2. The summed E-state index contributed by atoms with van der Waals surface area (Å²) >= 11 is 24.9. The SMILES string of the molecule is CC(C)(CCl)C(=O)C(Oc1ccc(-c2ccc(Cl)cc2)cc1)(OS(=O)(=O)c1cccc2c(S(=O)(=O)OC(Oc3ccc(-c4ccc(Cl)cc4)cc3)(C(=O)C(C)(C)CCl)n3ccnc3)cccc12)n1ccnc1. The van der Waals surface area contributed by atoms with Crippen LogP contribution in [0.1, 0.15) is 27.7 Å². The number of fused-ring (bicyclic) bond motifs is 1. The van der Waals surface area contributed by atoms with Crippen LogP contribution in [0.4, 0.5) is 0 Å². The minimum Gasteiger partial charge on any atom is -0.437 e. The Hall–Kier alpha value is -6.08. The summed E-state index contributed by atoms with van der Waals surface area (Å²) in [6.45, 7) is 5.98. The van der Waals surface area contributed by atoms with Gasteiger partial charge in [0.2, 0.25) is 11.6 Å². The van der Waals surface area contributed by atoms with Crippen molar-refractivity contribution < 1.29 is 44.3 Å². The number of ketones is 2. The maximum absolute atomic E-state index is 15.0. The highest BCUT2D eigenvalue weighted by Gasteiger charge is 2.56. The lowest BCUT2D eigenvalue weighted by Crippen LogP contribution is -2.55. The van der Waals surface area contributed by atoms with Crippen molar-refractivity contribution in [3.8, 4) is 33.8 Å². The summed E-state index contributed by atoms with van der Waals surface area (Å²) in [6, 6.07) is 34.7. The molecule has 0 aliphatic rings. The Kier molecular flexibility index (Phi) is 14.8. The van der Waals surface area contributed by atoms with E-state index in [2.05, 4.69) is 9.97 Å². The van der Waals surface area contributed by atoms with Gasteiger partial charge in [0.1, 0.15) is 33.9 Å². The molecule has 0 aliphatic carbocycles. The molecule has 8 rings (SSSR count). The predicted molar refractivity (Wildman–Crippen MR) is 275 cm³/mol. The Morgan fingerprint density at radius 2 is 0.819 bits per heavy atom. The summed E-state index contributed by atoms with van der Waals surface area (Å²) in [4.78, 5) is 36.8. The number of aromatic nitrogens is 4. The highest BCUT2D eigenvalue weighted by molar-refractivity contribution is 7.87. The molecule has 2 atom stereocenters. The van der Waals surface area contributed by atoms with Crippen LogP contribution in [0.15, 0.2) is 181 Å². The van der Waals surface area contributed by atoms with Crippen LogP contribution >= 0.6 is 46.4 Å². The molecule has 14 nitrogen and oxygen atoms in total. The van der Waals surface area contributed by atoms with E-state index in [-0.39, 0.29) is 34.0 Å². The van der Waals surface area contributed by atoms with Crippen molar-refractivity contribution >= 4 is 89.0 Å². The number of carbonyl (C=O) groups is 2. The van der Waals surface area contributed by atoms with Gasteiger partial charge in [0, 0.05) is 68.2 Å². The number of halogens is 4. The quantitative estimate of drug-likeness (QED) is 0.0402. The predicted octanol–water partition coefficient (Wildman–Crippen LogP) is 11.7. The second kappa shape index (κ2) is 20.4. The molecule has 0 amide bonds. The average Bonchev–Trinajstić information content (AvgIpc) is 4.13. The van der Waals surface area contributed by atoms with Gasteiger partial charge in [-0.05, 0) is 82.9 Å². The second-order valence-corrected chi connectivity index (χ2v) is 22.2. The van der Waals surface area contributed by atoms with E-state index in [1.165, 1.54) is 113 Å². The van der Waals surface area contributed by atoms with E-state index in [0.717, 1.165) is 44.0 Å². The highest BCUT2D eigenvalue weighted by Crippen LogP contribution is 2.42. The normalized spacial score (nSPS) is 14.1. The maximum atomic E-state index is 15.0. The fourth-order valence-electron chi connectivity index (χ4n) is 7.58. The first-order chi connectivity index (χ1) is 34.1. The molecule has 0 radical (unpaired) electrons. The summed E-state index contributed by atoms with van der Waals surface area (Å²) in [6.07, 6.45) is 7.49. The molecule has 72 heavy (non-hydrogen) atoms. The molecule has 2 aromatic heterocycles. The third kappa shape index (κ3) is 10.4. The Bertz CT molecular complexity index is 3240. The molecule has 0 saturated heterocycles. The van der Waals surface area contributed by atoms with Crippen LogP contribution in [0.3, 0.4) is 0 Å². The van der Waals surface area contributed by atoms with Crippen LogP contribution in [-0.2, 0) is 50.0 Å². The van der Waals surface area contributed by atoms with Crippen molar-refractivity contribution in [3.05, 3.63) is 181 Å². The van der Waals surface area contributed by atoms with Gasteiger partial charge in [-0.15, -0.1) is 23.2 Å². The Balaban J connectivity index is 1.22. The number of nitrogens with zero attached hydrogens (tertiary/aromatic N) is 4. The first kappa shape index (κ1) is 52.2. The van der Waals surface area contributed by atoms with E-state index < -0.39 is 64.2 Å². The van der Waals surface area contributed by atoms with E-state index in [4.69, 9.17) is 64.2 Å². The molecule has 0 aliphatic heterocycles. The molecule has 0 fully saturated rings. The fourth-order valence-corrected chi connectivity index (χ4v) is 10.6. The summed E-state index contributed by atoms with van der Waals surface area (Å²) in [5.41, 5.74) is 0.171. The fraction of sp³-hybridized carbons (Fsp3) is 0.192. The number of benzene rings is 6. The highest BCUT2D eigenvalue weighted by atomic mass is 35.5. The molecule has 6 aromatic carbocycles. The third-order valence-electron chi connectivity index (χ3n) is 11.6. The molecule has 0 N–H and O–H groups in total. The molecule has 0 spiro atoms. The van der Waals surface area contributed by atoms with E-state index >= 15 is 16.8 Å². The van der Waals surface area contributed by atoms with Crippen molar-refractivity contribution in [1.29, 1.82) is 0 Å². The standard InChI is InChI=1S/C52H44Cl4N4O10S2/c1-49(2,31-53)47(61)51(59-29-27-57-33-59,67-41-23-15-37(16-24-41)35-11-19-39(55)20-12-35)69-71(63,64)45-9-5-8-44-43(45)7-6-10-46(44)72(65,66)70-52(60-30-28-58-34-60,48(62)50(3,4)32-54)68-42-25-17-38(18-26-42)36-13-21-40(56)22-14-36/h5-30,33-34H,31-32H2,1-4H3. The molecule has 20 heteroatoms. The van der Waals surface area contributed by atoms with E-state index in [1.807, 2.05) is 24.3 Å². The zero-order chi connectivity index (χ0) is 51.7. The summed E-state index contributed by atoms with van der Waals surface area (Å²) < 4.78 is 87.2. The van der Waals surface area contributed by atoms with Gasteiger partial charge in [0.25, 0.3) is 0 Å². The monoisotopic (exact) mass is 1090 g/mol. The van der Waals surface area contributed by atoms with Gasteiger partial charge in [-0.25, -0.2) is 9.97 Å². The minimum atomic E-state index is -5.19. The van der Waals surface area contributed by atoms with Crippen molar-refractivity contribution in [3.63, 3.8) is 0 Å². The van der Waals surface area contributed by atoms with Gasteiger partial charge in [0.15, 0.2) is 0 Å². The van der Waals surface area contributed by atoms with E-state index in [9.17, 15) is 9.59 Å². The lowest BCUT2D eigenvalue weighted by atomic mass is 9.88. The smallest absolute Gasteiger partial charge is 0.377 e. The number of carbonyl (C=O) groups excluding carboxylic acids is 2. The number of imidazole rings is 2. The Labute approximate surface area is 436 Å². The largest absolute Gasteiger partial charge is 0.437 e. The molecule has 0 saturated carbocycles. The lowest BCUT2D eigenvalue weighted by Gasteiger charge is -2.37. The number of Topliss-reactive ketones (excluding diaryl/α,β-unsaturated/α-hetero) is 2. The van der Waals surface area contributed by atoms with Gasteiger partial charge < -0.3 is 9.47 Å². The zero-order valence-electron chi connectivity index (χ0n) is 38.8. The number of hydrogen-bond acceptors (Lipinski definition) is 12. The summed E-state index contributed by atoms with van der Waals surface area (Å²) in [5, 5.41) is 0.727. The van der Waals surface area contributed by atoms with E-state index in [1.54, 1.807) is 48.5 Å². The van der Waals surface area contributed by atoms with Gasteiger partial charge in [-0.1, -0.05) is 124 Å². The molecule has 2 unspecified atom stereocenters. The molecule has 2 heterocycles. The van der Waals surface area contributed by atoms with Crippen LogP contribution < -0.4 is 9.47 Å². The van der Waals surface area contributed by atoms with Crippen molar-refractivity contribution in [2.24, 2.45) is 10.8 Å². The number of rotatable bonds is 20. The topological polar surface area (TPSA) is 175 Å². The molecular weight excluding hydrogens is 1050 g/mol. The van der Waals surface area contributed by atoms with Crippen LogP contribution in [0.2, 0.25) is 10.0 Å². The maximum Gasteiger partial charge on any atom is 0.377 e. The molecular formula is C52H44Cl4N4O10S2. The van der Waals surface area contributed by atoms with Gasteiger partial charge in [0.05, 0.1) is 0 Å². The first-order valence-corrected chi connectivity index (χ1v) is 26.5. The minimum absolute atomic E-state index is 0.0202. The van der Waals surface area contributed by atoms with Crippen LogP contribution in [0.5, 0.6) is 11.5 Å². The average molecular weight is 1090 g/mol. The Morgan fingerprint density at radius 3 is 1.11 bits per heavy atom. The van der Waals surface area contributed by atoms with Gasteiger partial charge in [-0.3, -0.25) is 18.7 Å². The Morgan fingerprint density at radius 1 is 0.500 bits per heavy atom. The summed E-state index contributed by atoms with van der Waals surface area (Å²) in [5.74, 6) is -8.01. The lowest BCUT2D eigenvalue weighted by molar-refractivity contribution is -0.200. The number of hydrogen-bond donors (Lipinski definition) is 0. The van der Waals surface area contributed by atoms with Gasteiger partial charge >= 0.3 is 32.1 Å². The van der Waals surface area contributed by atoms with Crippen molar-refractivity contribution in [1.82, 2.24) is 19.1 Å². The molecule has 372 valence electrons. The van der Waals surface area contributed by atoms with Gasteiger partial charge in [-0.2, -0.15) is 25.2 Å². The van der Waals surface area contributed by atoms with Crippen molar-refractivity contribution in [2.45, 2.75) is 49.3 Å². The summed E-state index contributed by atoms with van der Waals surface area (Å²) in [7, 11) is -10.4. The second-order valence-electron chi connectivity index (χ2n) is 17.7. The van der Waals surface area contributed by atoms with E-state index in [0.29, 0.717) is 10.0 Å². The van der Waals surface area contributed by atoms with Crippen molar-refractivity contribution in [2.75, 3.05) is 11.8 Å². The molecule has 8 aromatic rings. The first-order valence-electron chi connectivity index (χ1n) is 21.9. The van der Waals surface area contributed by atoms with Crippen LogP contribution in [-0.4, -0.2) is 59.3 Å². The zero-order valence-corrected chi connectivity index (χ0v) is 43.4. The van der Waals surface area contributed by atoms with Crippen LogP contribution in [0.25, 0.3) is 33.0 Å². The number of ether oxygens (including phenoxy) is 2. The third-order valence-corrected chi connectivity index (χ3v) is 16.1. The molecule has 0 bridgehead atoms. The van der Waals surface area contributed by atoms with Crippen LogP contribution in [0, 0.1) is 10.8 Å².